The van der Waals surface area contributed by atoms with E-state index in [1.807, 2.05) is 13.8 Å². The number of rotatable bonds is 13. The molecule has 5 atom stereocenters. The van der Waals surface area contributed by atoms with E-state index in [9.17, 15) is 32.4 Å². The third-order valence-electron chi connectivity index (χ3n) is 8.48. The fraction of sp³-hybridized carbons (Fsp3) is 0.741. The lowest BCUT2D eigenvalue weighted by molar-refractivity contribution is -0.143. The number of sulfonamides is 1. The molecule has 5 amide bonds. The van der Waals surface area contributed by atoms with Crippen LogP contribution in [0.15, 0.2) is 12.0 Å². The molecule has 0 spiro atoms. The number of piperidine rings is 1. The normalized spacial score (nSPS) is 24.7. The summed E-state index contributed by atoms with van der Waals surface area (Å²) in [6.45, 7) is 12.6. The summed E-state index contributed by atoms with van der Waals surface area (Å²) in [7, 11) is -3.77. The summed E-state index contributed by atoms with van der Waals surface area (Å²) >= 11 is 0. The van der Waals surface area contributed by atoms with Gasteiger partial charge in [0.15, 0.2) is 0 Å². The predicted octanol–water partition coefficient (Wildman–Crippen LogP) is 0.118. The predicted molar refractivity (Wildman–Crippen MR) is 151 cm³/mol. The topological polar surface area (TPSA) is 197 Å². The zero-order chi connectivity index (χ0) is 30.9. The zero-order valence-corrected chi connectivity index (χ0v) is 25.3. The summed E-state index contributed by atoms with van der Waals surface area (Å²) in [5.74, 6) is -3.09. The molecule has 3 aliphatic rings. The first-order valence-electron chi connectivity index (χ1n) is 14.0. The van der Waals surface area contributed by atoms with Crippen molar-refractivity contribution in [2.24, 2.45) is 28.9 Å². The van der Waals surface area contributed by atoms with Crippen LogP contribution in [0.4, 0.5) is 4.79 Å². The molecule has 1 saturated heterocycles. The number of primary amides is 1. The lowest BCUT2D eigenvalue weighted by Gasteiger charge is -2.35. The zero-order valence-electron chi connectivity index (χ0n) is 24.5. The summed E-state index contributed by atoms with van der Waals surface area (Å²) < 4.78 is 26.0. The third-order valence-corrected chi connectivity index (χ3v) is 9.52. The van der Waals surface area contributed by atoms with Crippen molar-refractivity contribution in [2.45, 2.75) is 90.4 Å². The number of Topliss-reactive ketones (excluding diaryl/α,β-unsaturated/α-hetero) is 1. The first-order chi connectivity index (χ1) is 18.9. The molecule has 2 saturated carbocycles. The number of likely N-dealkylation sites (tertiary alicyclic amines) is 1. The number of carbonyl (C=O) groups is 5. The minimum atomic E-state index is -3.77. The van der Waals surface area contributed by atoms with Crippen molar-refractivity contribution < 1.29 is 32.4 Å². The highest BCUT2D eigenvalue weighted by Crippen LogP contribution is 2.65. The number of nitrogens with two attached hydrogens (primary N) is 1. The van der Waals surface area contributed by atoms with Gasteiger partial charge in [-0.1, -0.05) is 39.7 Å². The number of hydrogen-bond acceptors (Lipinski definition) is 7. The molecule has 1 aliphatic heterocycles. The Labute approximate surface area is 241 Å². The van der Waals surface area contributed by atoms with Gasteiger partial charge in [-0.3, -0.25) is 19.2 Å². The maximum absolute atomic E-state index is 13.9. The van der Waals surface area contributed by atoms with Gasteiger partial charge in [0.25, 0.3) is 5.91 Å². The lowest BCUT2D eigenvalue weighted by Crippen LogP contribution is -2.60. The van der Waals surface area contributed by atoms with Crippen LogP contribution in [0.5, 0.6) is 0 Å². The molecule has 41 heavy (non-hydrogen) atoms. The van der Waals surface area contributed by atoms with Crippen molar-refractivity contribution >= 4 is 39.6 Å². The molecule has 0 aromatic carbocycles. The average Bonchev–Trinajstić information content (AvgIpc) is 3.14. The summed E-state index contributed by atoms with van der Waals surface area (Å²) in [5.41, 5.74) is 4.43. The van der Waals surface area contributed by atoms with E-state index in [1.165, 1.54) is 4.90 Å². The van der Waals surface area contributed by atoms with E-state index in [2.05, 4.69) is 27.3 Å². The van der Waals surface area contributed by atoms with Crippen LogP contribution in [-0.4, -0.2) is 79.6 Å². The first-order valence-corrected chi connectivity index (χ1v) is 15.6. The van der Waals surface area contributed by atoms with E-state index in [-0.39, 0.29) is 42.7 Å². The fourth-order valence-corrected chi connectivity index (χ4v) is 6.45. The standard InChI is InChI=1S/C27H44N6O7S/c1-7-41(39,40)29-12-11-17(31-25(38)32-26(2,3)4)24(37)33-14-16-19(27(16,5)6)20(33)23(36)30-18(21(34)22(28)35)13-15-9-8-10-15/h7,15-20,29H,1,8-14H2,2-6H3,(H2,28,35)(H,30,36)(H2,31,32,38)/t16?,17-,18?,19?,20-/m0/s1. The van der Waals surface area contributed by atoms with Crippen LogP contribution in [0, 0.1) is 23.2 Å². The summed E-state index contributed by atoms with van der Waals surface area (Å²) in [4.78, 5) is 66.0. The Morgan fingerprint density at radius 3 is 2.24 bits per heavy atom. The van der Waals surface area contributed by atoms with Gasteiger partial charge in [0.2, 0.25) is 27.6 Å². The molecule has 0 aromatic rings. The molecule has 0 radical (unpaired) electrons. The van der Waals surface area contributed by atoms with E-state index in [4.69, 9.17) is 5.73 Å². The molecule has 230 valence electrons. The fourth-order valence-electron chi connectivity index (χ4n) is 5.93. The Hall–Kier alpha value is -3.00. The second-order valence-electron chi connectivity index (χ2n) is 13.0. The molecule has 2 aliphatic carbocycles. The lowest BCUT2D eigenvalue weighted by atomic mass is 9.80. The van der Waals surface area contributed by atoms with Crippen LogP contribution in [0.2, 0.25) is 0 Å². The number of carbonyl (C=O) groups excluding carboxylic acids is 5. The number of fused-ring (bicyclic) bond motifs is 1. The molecule has 13 nitrogen and oxygen atoms in total. The Balaban J connectivity index is 1.83. The van der Waals surface area contributed by atoms with Crippen molar-refractivity contribution in [1.29, 1.82) is 0 Å². The third kappa shape index (κ3) is 7.85. The smallest absolute Gasteiger partial charge is 0.315 e. The van der Waals surface area contributed by atoms with Gasteiger partial charge in [-0.05, 0) is 56.8 Å². The highest BCUT2D eigenvalue weighted by Gasteiger charge is 2.69. The second kappa shape index (κ2) is 12.1. The second-order valence-corrected chi connectivity index (χ2v) is 14.7. The van der Waals surface area contributed by atoms with E-state index >= 15 is 0 Å². The monoisotopic (exact) mass is 596 g/mol. The van der Waals surface area contributed by atoms with E-state index in [0.29, 0.717) is 6.42 Å². The molecule has 3 unspecified atom stereocenters. The Morgan fingerprint density at radius 1 is 1.10 bits per heavy atom. The molecule has 0 aromatic heterocycles. The van der Waals surface area contributed by atoms with E-state index < -0.39 is 63.2 Å². The molecular formula is C27H44N6O7S. The number of ketones is 1. The van der Waals surface area contributed by atoms with E-state index in [1.54, 1.807) is 20.8 Å². The molecular weight excluding hydrogens is 552 g/mol. The van der Waals surface area contributed by atoms with Crippen molar-refractivity contribution in [2.75, 3.05) is 13.1 Å². The van der Waals surface area contributed by atoms with Gasteiger partial charge in [0, 0.05) is 24.0 Å². The van der Waals surface area contributed by atoms with Crippen LogP contribution in [0.3, 0.4) is 0 Å². The van der Waals surface area contributed by atoms with Gasteiger partial charge >= 0.3 is 6.03 Å². The van der Waals surface area contributed by atoms with Gasteiger partial charge in [-0.2, -0.15) is 0 Å². The number of nitrogens with one attached hydrogen (secondary N) is 4. The minimum absolute atomic E-state index is 0.0162. The maximum Gasteiger partial charge on any atom is 0.315 e. The minimum Gasteiger partial charge on any atom is -0.363 e. The van der Waals surface area contributed by atoms with Gasteiger partial charge < -0.3 is 26.6 Å². The highest BCUT2D eigenvalue weighted by molar-refractivity contribution is 7.92. The van der Waals surface area contributed by atoms with Gasteiger partial charge in [-0.15, -0.1) is 0 Å². The largest absolute Gasteiger partial charge is 0.363 e. The SMILES string of the molecule is C=CS(=O)(=O)NCC[C@H](NC(=O)NC(C)(C)C)C(=O)N1CC2C([C@H]1C(=O)NC(CC1CCC1)C(=O)C(N)=O)C2(C)C. The van der Waals surface area contributed by atoms with E-state index in [0.717, 1.165) is 24.7 Å². The van der Waals surface area contributed by atoms with Crippen LogP contribution in [-0.2, 0) is 29.2 Å². The van der Waals surface area contributed by atoms with Crippen molar-refractivity contribution in [3.05, 3.63) is 12.0 Å². The molecule has 6 N–H and O–H groups in total. The van der Waals surface area contributed by atoms with Gasteiger partial charge in [0.05, 0.1) is 6.04 Å². The summed E-state index contributed by atoms with van der Waals surface area (Å²) in [6.07, 6.45) is 3.01. The summed E-state index contributed by atoms with van der Waals surface area (Å²) in [5, 5.41) is 8.81. The van der Waals surface area contributed by atoms with Crippen LogP contribution in [0.1, 0.15) is 66.7 Å². The van der Waals surface area contributed by atoms with Crippen LogP contribution < -0.4 is 26.4 Å². The summed E-state index contributed by atoms with van der Waals surface area (Å²) in [6, 6.07) is -3.80. The number of hydrogen-bond donors (Lipinski definition) is 5. The maximum atomic E-state index is 13.9. The Morgan fingerprint density at radius 2 is 1.73 bits per heavy atom. The quantitative estimate of drug-likeness (QED) is 0.186. The van der Waals surface area contributed by atoms with Crippen molar-refractivity contribution in [3.63, 3.8) is 0 Å². The Bertz CT molecular complexity index is 1190. The number of nitrogens with zero attached hydrogens (tertiary/aromatic N) is 1. The molecule has 3 fully saturated rings. The molecule has 0 bridgehead atoms. The Kier molecular flexibility index (Phi) is 9.58. The average molecular weight is 597 g/mol. The number of amides is 5. The van der Waals surface area contributed by atoms with Gasteiger partial charge in [-0.25, -0.2) is 17.9 Å². The molecule has 14 heteroatoms. The van der Waals surface area contributed by atoms with Crippen molar-refractivity contribution in [3.8, 4) is 0 Å². The van der Waals surface area contributed by atoms with Crippen LogP contribution in [0.25, 0.3) is 0 Å². The van der Waals surface area contributed by atoms with Gasteiger partial charge in [0.1, 0.15) is 12.1 Å². The first kappa shape index (κ1) is 32.5. The molecule has 3 rings (SSSR count). The van der Waals surface area contributed by atoms with Crippen molar-refractivity contribution in [1.82, 2.24) is 25.6 Å². The number of urea groups is 1. The highest BCUT2D eigenvalue weighted by atomic mass is 32.2. The molecule has 1 heterocycles. The van der Waals surface area contributed by atoms with Crippen LogP contribution >= 0.6 is 0 Å².